The van der Waals surface area contributed by atoms with Gasteiger partial charge in [0.1, 0.15) is 0 Å². The number of terminal acetylenes is 1. The zero-order chi connectivity index (χ0) is 13.4. The molecule has 0 aromatic heterocycles. The van der Waals surface area contributed by atoms with Crippen molar-refractivity contribution in [2.75, 3.05) is 17.3 Å². The fraction of sp³-hybridized carbons (Fsp3) is 0.417. The van der Waals surface area contributed by atoms with Crippen molar-refractivity contribution in [1.82, 2.24) is 0 Å². The molecular formula is C12H14OS5. The Kier molecular flexibility index (Phi) is 4.20. The summed E-state index contributed by atoms with van der Waals surface area (Å²) >= 11 is 10.7. The zero-order valence-corrected chi connectivity index (χ0v) is 14.0. The van der Waals surface area contributed by atoms with Gasteiger partial charge in [-0.25, -0.2) is 0 Å². The van der Waals surface area contributed by atoms with Gasteiger partial charge < -0.3 is 0 Å². The van der Waals surface area contributed by atoms with E-state index in [1.165, 1.54) is 9.91 Å². The first-order valence-corrected chi connectivity index (χ1v) is 12.4. The third kappa shape index (κ3) is 3.34. The molecule has 98 valence electrons. The molecular weight excluding hydrogens is 320 g/mol. The third-order valence-electron chi connectivity index (χ3n) is 2.88. The Labute approximate surface area is 122 Å². The van der Waals surface area contributed by atoms with E-state index in [1.54, 1.807) is 0 Å². The minimum absolute atomic E-state index is 0.285. The van der Waals surface area contributed by atoms with Crippen LogP contribution < -0.4 is 0 Å². The van der Waals surface area contributed by atoms with E-state index in [9.17, 15) is 4.21 Å². The van der Waals surface area contributed by atoms with E-state index in [4.69, 9.17) is 28.8 Å². The molecule has 0 spiro atoms. The summed E-state index contributed by atoms with van der Waals surface area (Å²) in [5.41, 5.74) is 0.869. The lowest BCUT2D eigenvalue weighted by Gasteiger charge is -2.07. The van der Waals surface area contributed by atoms with Crippen LogP contribution in [-0.2, 0) is 47.9 Å². The van der Waals surface area contributed by atoms with Crippen molar-refractivity contribution in [2.24, 2.45) is 5.92 Å². The summed E-state index contributed by atoms with van der Waals surface area (Å²) in [6.45, 7) is 2.03. The average molecular weight is 335 g/mol. The van der Waals surface area contributed by atoms with Crippen molar-refractivity contribution in [2.45, 2.75) is 6.92 Å². The monoisotopic (exact) mass is 334 g/mol. The molecule has 0 N–H and O–H groups in total. The summed E-state index contributed by atoms with van der Waals surface area (Å²) in [5.74, 6) is 4.83. The maximum absolute atomic E-state index is 12.6. The summed E-state index contributed by atoms with van der Waals surface area (Å²) in [5, 5.41) is 1.99. The third-order valence-corrected chi connectivity index (χ3v) is 10.5. The SMILES string of the molecule is C#CC1=CCS(=O)(=S=C(C)C2C=CS(=S)(=S)C2)C1. The predicted molar refractivity (Wildman–Crippen MR) is 92.4 cm³/mol. The van der Waals surface area contributed by atoms with Gasteiger partial charge >= 0.3 is 0 Å². The van der Waals surface area contributed by atoms with Gasteiger partial charge in [-0.2, -0.15) is 0 Å². The number of rotatable bonds is 1. The van der Waals surface area contributed by atoms with E-state index < -0.39 is 15.6 Å². The molecule has 0 amide bonds. The van der Waals surface area contributed by atoms with E-state index in [0.717, 1.165) is 16.2 Å². The molecule has 0 bridgehead atoms. The molecule has 18 heavy (non-hydrogen) atoms. The normalized spacial score (nSPS) is 32.9. The van der Waals surface area contributed by atoms with Gasteiger partial charge in [0.25, 0.3) is 0 Å². The van der Waals surface area contributed by atoms with Crippen molar-refractivity contribution in [1.29, 1.82) is 0 Å². The molecule has 6 heteroatoms. The van der Waals surface area contributed by atoms with Gasteiger partial charge in [0.05, 0.1) is 5.75 Å². The summed E-state index contributed by atoms with van der Waals surface area (Å²) in [4.78, 5) is 1.16. The van der Waals surface area contributed by atoms with Gasteiger partial charge in [-0.1, -0.05) is 35.1 Å². The fourth-order valence-electron chi connectivity index (χ4n) is 1.88. The highest BCUT2D eigenvalue weighted by Gasteiger charge is 2.20. The Morgan fingerprint density at radius 1 is 1.61 bits per heavy atom. The Morgan fingerprint density at radius 3 is 2.83 bits per heavy atom. The van der Waals surface area contributed by atoms with Gasteiger partial charge in [0.15, 0.2) is 0 Å². The topological polar surface area (TPSA) is 17.1 Å². The number of allylic oxidation sites excluding steroid dienone is 1. The van der Waals surface area contributed by atoms with Gasteiger partial charge in [-0.3, -0.25) is 4.21 Å². The van der Waals surface area contributed by atoms with Gasteiger partial charge in [-0.15, -0.1) is 6.42 Å². The Bertz CT molecular complexity index is 730. The molecule has 2 unspecified atom stereocenters. The van der Waals surface area contributed by atoms with Gasteiger partial charge in [0, 0.05) is 31.5 Å². The van der Waals surface area contributed by atoms with Crippen molar-refractivity contribution in [3.63, 3.8) is 0 Å². The molecule has 0 aliphatic carbocycles. The molecule has 0 radical (unpaired) electrons. The smallest absolute Gasteiger partial charge is 0.0581 e. The summed E-state index contributed by atoms with van der Waals surface area (Å²) in [7, 11) is -1.84. The van der Waals surface area contributed by atoms with Crippen LogP contribution in [0.5, 0.6) is 0 Å². The first kappa shape index (κ1) is 14.5. The summed E-state index contributed by atoms with van der Waals surface area (Å²) in [6.07, 6.45) is 9.36. The highest BCUT2D eigenvalue weighted by Crippen LogP contribution is 2.18. The van der Waals surface area contributed by atoms with Crippen LogP contribution >= 0.6 is 0 Å². The van der Waals surface area contributed by atoms with Gasteiger partial charge in [0.2, 0.25) is 0 Å². The Balaban J connectivity index is 2.34. The molecule has 2 heterocycles. The largest absolute Gasteiger partial charge is 0.257 e. The van der Waals surface area contributed by atoms with E-state index in [1.807, 2.05) is 18.4 Å². The van der Waals surface area contributed by atoms with Crippen LogP contribution in [0.25, 0.3) is 0 Å². The van der Waals surface area contributed by atoms with Crippen LogP contribution in [0.2, 0.25) is 0 Å². The van der Waals surface area contributed by atoms with Crippen molar-refractivity contribution >= 4 is 52.8 Å². The van der Waals surface area contributed by atoms with Gasteiger partial charge in [-0.05, 0) is 39.6 Å². The molecule has 2 atom stereocenters. The molecule has 2 aliphatic heterocycles. The van der Waals surface area contributed by atoms with Crippen molar-refractivity contribution in [3.05, 3.63) is 23.1 Å². The molecule has 1 nitrogen and oxygen atoms in total. The second-order valence-electron chi connectivity index (χ2n) is 4.39. The van der Waals surface area contributed by atoms with Crippen molar-refractivity contribution < 1.29 is 4.21 Å². The van der Waals surface area contributed by atoms with E-state index in [0.29, 0.717) is 11.5 Å². The van der Waals surface area contributed by atoms with Crippen LogP contribution in [0.1, 0.15) is 6.92 Å². The first-order chi connectivity index (χ1) is 8.34. The lowest BCUT2D eigenvalue weighted by molar-refractivity contribution is 0.686. The fourth-order valence-corrected chi connectivity index (χ4v) is 9.56. The van der Waals surface area contributed by atoms with Crippen LogP contribution in [0, 0.1) is 18.3 Å². The van der Waals surface area contributed by atoms with E-state index in [-0.39, 0.29) is 5.92 Å². The second-order valence-corrected chi connectivity index (χ2v) is 15.8. The lowest BCUT2D eigenvalue weighted by Crippen LogP contribution is -2.15. The first-order valence-electron chi connectivity index (χ1n) is 5.43. The maximum atomic E-state index is 12.6. The van der Waals surface area contributed by atoms with Crippen LogP contribution in [0.15, 0.2) is 23.1 Å². The minimum atomic E-state index is -1.94. The van der Waals surface area contributed by atoms with Crippen LogP contribution in [0.3, 0.4) is 0 Å². The molecule has 0 saturated carbocycles. The quantitative estimate of drug-likeness (QED) is 0.531. The minimum Gasteiger partial charge on any atom is -0.257 e. The van der Waals surface area contributed by atoms with Crippen LogP contribution in [0.4, 0.5) is 0 Å². The maximum Gasteiger partial charge on any atom is 0.0581 e. The molecule has 0 aromatic rings. The number of hydrogen-bond acceptors (Lipinski definition) is 3. The highest BCUT2D eigenvalue weighted by atomic mass is 33.1. The molecule has 0 fully saturated rings. The average Bonchev–Trinajstić information content (AvgIpc) is 2.82. The Hall–Kier alpha value is 0.0700. The molecule has 2 aliphatic rings. The van der Waals surface area contributed by atoms with Crippen LogP contribution in [-0.4, -0.2) is 26.3 Å². The molecule has 2 rings (SSSR count). The Morgan fingerprint density at radius 2 is 2.33 bits per heavy atom. The van der Waals surface area contributed by atoms with E-state index >= 15 is 0 Å². The predicted octanol–water partition coefficient (Wildman–Crippen LogP) is 1.26. The standard InChI is InChI=1S/C12H14OS5/c1-3-11-4-6-17(13,8-11)16-10(2)12-5-7-18(14,15)9-12/h1,4-5,7,12H,6,8-9H2,2H3. The van der Waals surface area contributed by atoms with Crippen molar-refractivity contribution in [3.8, 4) is 12.3 Å². The molecule has 0 aromatic carbocycles. The second kappa shape index (κ2) is 5.22. The molecule has 0 saturated heterocycles. The highest BCUT2D eigenvalue weighted by molar-refractivity contribution is 8.57. The summed E-state index contributed by atoms with van der Waals surface area (Å²) < 4.78 is 12.6. The van der Waals surface area contributed by atoms with E-state index in [2.05, 4.69) is 12.0 Å². The summed E-state index contributed by atoms with van der Waals surface area (Å²) in [6, 6.07) is 0. The lowest BCUT2D eigenvalue weighted by atomic mass is 10.1. The zero-order valence-electron chi connectivity index (χ0n) is 9.96. The number of hydrogen-bond donors (Lipinski definition) is 0.